The van der Waals surface area contributed by atoms with E-state index in [2.05, 4.69) is 9.82 Å². The normalized spacial score (nSPS) is 19.2. The van der Waals surface area contributed by atoms with Crippen molar-refractivity contribution in [1.29, 1.82) is 0 Å². The summed E-state index contributed by atoms with van der Waals surface area (Å²) in [6.07, 6.45) is 10.5. The lowest BCUT2D eigenvalue weighted by atomic mass is 9.95. The van der Waals surface area contributed by atoms with Gasteiger partial charge in [-0.1, -0.05) is 19.3 Å². The van der Waals surface area contributed by atoms with Crippen LogP contribution in [-0.2, 0) is 10.0 Å². The van der Waals surface area contributed by atoms with E-state index in [1.165, 1.54) is 19.3 Å². The number of pyridine rings is 1. The van der Waals surface area contributed by atoms with E-state index in [4.69, 9.17) is 4.98 Å². The molecule has 1 amide bonds. The summed E-state index contributed by atoms with van der Waals surface area (Å²) in [4.78, 5) is 17.3. The van der Waals surface area contributed by atoms with Crippen LogP contribution in [0.1, 0.15) is 73.0 Å². The van der Waals surface area contributed by atoms with E-state index in [0.717, 1.165) is 37.6 Å². The van der Waals surface area contributed by atoms with E-state index in [-0.39, 0.29) is 0 Å². The van der Waals surface area contributed by atoms with Crippen LogP contribution in [0.25, 0.3) is 11.0 Å². The fraction of sp³-hybridized carbons (Fsp3) is 0.588. The van der Waals surface area contributed by atoms with Gasteiger partial charge in [0.1, 0.15) is 0 Å². The Morgan fingerprint density at radius 3 is 2.56 bits per heavy atom. The second-order valence-corrected chi connectivity index (χ2v) is 8.94. The highest BCUT2D eigenvalue weighted by atomic mass is 32.2. The van der Waals surface area contributed by atoms with Crippen LogP contribution in [0, 0.1) is 0 Å². The zero-order chi connectivity index (χ0) is 17.6. The number of hydrogen-bond donors (Lipinski definition) is 1. The van der Waals surface area contributed by atoms with Crippen LogP contribution in [0.3, 0.4) is 0 Å². The minimum absolute atomic E-state index is 0.305. The minimum Gasteiger partial charge on any atom is -0.268 e. The molecule has 25 heavy (non-hydrogen) atoms. The smallest absolute Gasteiger partial charge is 0.265 e. The molecule has 7 nitrogen and oxygen atoms in total. The van der Waals surface area contributed by atoms with Gasteiger partial charge in [0.15, 0.2) is 5.65 Å². The number of amides is 1. The average molecular weight is 362 g/mol. The monoisotopic (exact) mass is 362 g/mol. The molecule has 0 atom stereocenters. The number of fused-ring (bicyclic) bond motifs is 1. The predicted molar refractivity (Wildman–Crippen MR) is 93.9 cm³/mol. The summed E-state index contributed by atoms with van der Waals surface area (Å²) >= 11 is 0. The van der Waals surface area contributed by atoms with Gasteiger partial charge in [0.2, 0.25) is 10.0 Å². The third kappa shape index (κ3) is 3.40. The van der Waals surface area contributed by atoms with Crippen LogP contribution in [0.4, 0.5) is 0 Å². The molecule has 0 saturated heterocycles. The summed E-state index contributed by atoms with van der Waals surface area (Å²) in [5.74, 6) is -0.246. The van der Waals surface area contributed by atoms with Crippen molar-refractivity contribution in [2.45, 2.75) is 56.9 Å². The first kappa shape index (κ1) is 16.5. The van der Waals surface area contributed by atoms with E-state index in [1.54, 1.807) is 12.3 Å². The highest BCUT2D eigenvalue weighted by Crippen LogP contribution is 2.40. The van der Waals surface area contributed by atoms with Gasteiger partial charge in [-0.05, 0) is 31.7 Å². The maximum absolute atomic E-state index is 12.5. The van der Waals surface area contributed by atoms with Gasteiger partial charge in [0.25, 0.3) is 5.91 Å². The van der Waals surface area contributed by atoms with E-state index in [0.29, 0.717) is 28.6 Å². The third-order valence-corrected chi connectivity index (χ3v) is 5.58. The topological polar surface area (TPSA) is 93.9 Å². The standard InChI is InChI=1S/C17H22N4O3S/c1-25(23,24)20-17(22)13-9-15(11-7-8-11)19-16-14(13)10-18-21(16)12-5-3-2-4-6-12/h9-12H,2-8H2,1H3,(H,20,22). The highest BCUT2D eigenvalue weighted by Gasteiger charge is 2.29. The maximum atomic E-state index is 12.5. The number of aromatic nitrogens is 3. The van der Waals surface area contributed by atoms with Crippen molar-refractivity contribution < 1.29 is 13.2 Å². The summed E-state index contributed by atoms with van der Waals surface area (Å²) in [5.41, 5.74) is 1.91. The maximum Gasteiger partial charge on any atom is 0.265 e. The molecule has 0 unspecified atom stereocenters. The molecule has 4 rings (SSSR count). The minimum atomic E-state index is -3.62. The second kappa shape index (κ2) is 6.09. The van der Waals surface area contributed by atoms with Gasteiger partial charge in [-0.2, -0.15) is 5.10 Å². The Bertz CT molecular complexity index is 925. The van der Waals surface area contributed by atoms with Gasteiger partial charge in [0, 0.05) is 11.6 Å². The van der Waals surface area contributed by atoms with Crippen molar-refractivity contribution in [3.05, 3.63) is 23.5 Å². The Morgan fingerprint density at radius 2 is 1.92 bits per heavy atom. The van der Waals surface area contributed by atoms with Crippen LogP contribution in [0.15, 0.2) is 12.3 Å². The molecule has 0 aromatic carbocycles. The summed E-state index contributed by atoms with van der Waals surface area (Å²) in [6.45, 7) is 0. The quantitative estimate of drug-likeness (QED) is 0.902. The van der Waals surface area contributed by atoms with Crippen molar-refractivity contribution in [3.8, 4) is 0 Å². The lowest BCUT2D eigenvalue weighted by Crippen LogP contribution is -2.29. The van der Waals surface area contributed by atoms with Gasteiger partial charge in [-0.3, -0.25) is 4.79 Å². The number of rotatable bonds is 4. The van der Waals surface area contributed by atoms with Crippen LogP contribution in [0.5, 0.6) is 0 Å². The molecule has 0 bridgehead atoms. The average Bonchev–Trinajstić information content (AvgIpc) is 3.32. The first-order chi connectivity index (χ1) is 11.9. The molecule has 2 aliphatic carbocycles. The van der Waals surface area contributed by atoms with Crippen LogP contribution >= 0.6 is 0 Å². The molecule has 2 aliphatic rings. The van der Waals surface area contributed by atoms with Gasteiger partial charge in [-0.15, -0.1) is 0 Å². The van der Waals surface area contributed by atoms with Crippen LogP contribution in [0.2, 0.25) is 0 Å². The van der Waals surface area contributed by atoms with Crippen molar-refractivity contribution >= 4 is 27.0 Å². The van der Waals surface area contributed by atoms with E-state index < -0.39 is 15.9 Å². The molecule has 0 radical (unpaired) electrons. The first-order valence-electron chi connectivity index (χ1n) is 8.82. The second-order valence-electron chi connectivity index (χ2n) is 7.19. The highest BCUT2D eigenvalue weighted by molar-refractivity contribution is 7.89. The molecule has 2 aromatic heterocycles. The number of nitrogens with zero attached hydrogens (tertiary/aromatic N) is 3. The Kier molecular flexibility index (Phi) is 4.02. The molecule has 2 heterocycles. The number of nitrogens with one attached hydrogen (secondary N) is 1. The first-order valence-corrected chi connectivity index (χ1v) is 10.7. The zero-order valence-electron chi connectivity index (χ0n) is 14.2. The number of carbonyl (C=O) groups is 1. The third-order valence-electron chi connectivity index (χ3n) is 5.03. The Hall–Kier alpha value is -1.96. The predicted octanol–water partition coefficient (Wildman–Crippen LogP) is 2.50. The fourth-order valence-electron chi connectivity index (χ4n) is 3.63. The Labute approximate surface area is 146 Å². The summed E-state index contributed by atoms with van der Waals surface area (Å²) in [6, 6.07) is 2.03. The van der Waals surface area contributed by atoms with E-state index >= 15 is 0 Å². The summed E-state index contributed by atoms with van der Waals surface area (Å²) in [5, 5.41) is 5.13. The van der Waals surface area contributed by atoms with Gasteiger partial charge < -0.3 is 0 Å². The molecular formula is C17H22N4O3S. The Morgan fingerprint density at radius 1 is 1.20 bits per heavy atom. The molecule has 2 aromatic rings. The Balaban J connectivity index is 1.81. The van der Waals surface area contributed by atoms with E-state index in [1.807, 2.05) is 4.68 Å². The molecule has 2 fully saturated rings. The van der Waals surface area contributed by atoms with Crippen molar-refractivity contribution in [3.63, 3.8) is 0 Å². The zero-order valence-corrected chi connectivity index (χ0v) is 15.1. The summed E-state index contributed by atoms with van der Waals surface area (Å²) < 4.78 is 26.9. The van der Waals surface area contributed by atoms with Gasteiger partial charge >= 0.3 is 0 Å². The largest absolute Gasteiger partial charge is 0.268 e. The number of hydrogen-bond acceptors (Lipinski definition) is 5. The lowest BCUT2D eigenvalue weighted by Gasteiger charge is -2.22. The molecule has 1 N–H and O–H groups in total. The molecule has 2 saturated carbocycles. The number of carbonyl (C=O) groups excluding carboxylic acids is 1. The molecule has 134 valence electrons. The van der Waals surface area contributed by atoms with Crippen LogP contribution in [-0.4, -0.2) is 35.3 Å². The number of sulfonamides is 1. The van der Waals surface area contributed by atoms with E-state index in [9.17, 15) is 13.2 Å². The van der Waals surface area contributed by atoms with Crippen molar-refractivity contribution in [1.82, 2.24) is 19.5 Å². The van der Waals surface area contributed by atoms with Gasteiger partial charge in [0.05, 0.1) is 29.4 Å². The van der Waals surface area contributed by atoms with Crippen molar-refractivity contribution in [2.24, 2.45) is 0 Å². The fourth-order valence-corrected chi connectivity index (χ4v) is 4.08. The summed E-state index contributed by atoms with van der Waals surface area (Å²) in [7, 11) is -3.62. The van der Waals surface area contributed by atoms with Crippen LogP contribution < -0.4 is 4.72 Å². The molecule has 0 aliphatic heterocycles. The molecule has 8 heteroatoms. The van der Waals surface area contributed by atoms with Crippen molar-refractivity contribution in [2.75, 3.05) is 6.26 Å². The molecule has 0 spiro atoms. The SMILES string of the molecule is CS(=O)(=O)NC(=O)c1cc(C2CC2)nc2c1cnn2C1CCCCC1. The lowest BCUT2D eigenvalue weighted by molar-refractivity contribution is 0.0983. The molecular weight excluding hydrogens is 340 g/mol. The van der Waals surface area contributed by atoms with Gasteiger partial charge in [-0.25, -0.2) is 22.8 Å².